The minimum Gasteiger partial charge on any atom is -0.489 e. The van der Waals surface area contributed by atoms with Crippen LogP contribution >= 0.6 is 11.6 Å². The summed E-state index contributed by atoms with van der Waals surface area (Å²) in [5.41, 5.74) is 2.52. The molecular weight excluding hydrogens is 465 g/mol. The molecule has 0 atom stereocenters. The smallest absolute Gasteiger partial charge is 0.414 e. The first-order chi connectivity index (χ1) is 16.5. The van der Waals surface area contributed by atoms with Gasteiger partial charge in [0.1, 0.15) is 23.1 Å². The number of amides is 1. The maximum Gasteiger partial charge on any atom is 0.414 e. The summed E-state index contributed by atoms with van der Waals surface area (Å²) in [7, 11) is 3.22. The highest BCUT2D eigenvalue weighted by Gasteiger charge is 2.20. The van der Waals surface area contributed by atoms with Crippen molar-refractivity contribution >= 4 is 46.5 Å². The van der Waals surface area contributed by atoms with Crippen molar-refractivity contribution in [2.75, 3.05) is 49.5 Å². The number of hydrogen-bond donors (Lipinski definition) is 2. The number of halogens is 2. The van der Waals surface area contributed by atoms with Gasteiger partial charge in [-0.15, -0.1) is 0 Å². The van der Waals surface area contributed by atoms with E-state index in [4.69, 9.17) is 25.8 Å². The fourth-order valence-corrected chi connectivity index (χ4v) is 3.52. The molecule has 1 amide bonds. The summed E-state index contributed by atoms with van der Waals surface area (Å²) in [5, 5.41) is 6.23. The van der Waals surface area contributed by atoms with Gasteiger partial charge in [-0.3, -0.25) is 4.90 Å². The molecule has 34 heavy (non-hydrogen) atoms. The van der Waals surface area contributed by atoms with Gasteiger partial charge in [0.2, 0.25) is 5.95 Å². The number of methoxy groups -OCH3 is 1. The Bertz CT molecular complexity index is 1200. The molecule has 0 aliphatic carbocycles. The Hall–Kier alpha value is -3.63. The summed E-state index contributed by atoms with van der Waals surface area (Å²) in [6, 6.07) is 10.0. The molecule has 0 radical (unpaired) electrons. The molecule has 0 spiro atoms. The molecule has 1 aliphatic rings. The molecule has 9 nitrogen and oxygen atoms in total. The lowest BCUT2D eigenvalue weighted by atomic mass is 10.1. The second-order valence-corrected chi connectivity index (χ2v) is 7.77. The number of anilines is 5. The number of nitrogens with zero attached hydrogens (tertiary/aromatic N) is 3. The molecule has 0 saturated carbocycles. The van der Waals surface area contributed by atoms with Crippen LogP contribution in [0.2, 0.25) is 5.02 Å². The highest BCUT2D eigenvalue weighted by Crippen LogP contribution is 2.33. The highest BCUT2D eigenvalue weighted by atomic mass is 35.5. The van der Waals surface area contributed by atoms with E-state index in [9.17, 15) is 9.18 Å². The monoisotopic (exact) mass is 487 g/mol. The summed E-state index contributed by atoms with van der Waals surface area (Å²) in [5.74, 6) is 0.229. The van der Waals surface area contributed by atoms with Gasteiger partial charge >= 0.3 is 6.09 Å². The van der Waals surface area contributed by atoms with Gasteiger partial charge in [-0.1, -0.05) is 17.7 Å². The summed E-state index contributed by atoms with van der Waals surface area (Å²) in [4.78, 5) is 22.0. The van der Waals surface area contributed by atoms with Crippen molar-refractivity contribution < 1.29 is 23.4 Å². The quantitative estimate of drug-likeness (QED) is 0.432. The number of benzene rings is 2. The van der Waals surface area contributed by atoms with Crippen molar-refractivity contribution in [2.24, 2.45) is 0 Å². The van der Waals surface area contributed by atoms with E-state index < -0.39 is 11.9 Å². The van der Waals surface area contributed by atoms with Crippen molar-refractivity contribution in [1.82, 2.24) is 9.97 Å². The number of cyclic esters (lactones) is 1. The van der Waals surface area contributed by atoms with Gasteiger partial charge in [-0.05, 0) is 35.9 Å². The Morgan fingerprint density at radius 1 is 1.24 bits per heavy atom. The first-order valence-electron chi connectivity index (χ1n) is 10.5. The molecule has 0 saturated heterocycles. The number of carbonyl (C=O) groups is 1. The van der Waals surface area contributed by atoms with Crippen LogP contribution in [0.4, 0.5) is 38.0 Å². The fraction of sp³-hybridized carbons (Fsp3) is 0.261. The molecular formula is C23H23ClFN5O4. The van der Waals surface area contributed by atoms with E-state index in [1.807, 2.05) is 12.1 Å². The zero-order chi connectivity index (χ0) is 24.1. The molecule has 2 heterocycles. The Kier molecular flexibility index (Phi) is 7.29. The second kappa shape index (κ2) is 10.5. The number of ether oxygens (including phenoxy) is 3. The number of hydrogen-bond acceptors (Lipinski definition) is 8. The van der Waals surface area contributed by atoms with Crippen LogP contribution < -0.4 is 20.3 Å². The minimum atomic E-state index is -0.522. The number of carbonyl (C=O) groups excluding carboxylic acids is 1. The lowest BCUT2D eigenvalue weighted by Crippen LogP contribution is -2.25. The number of nitrogens with one attached hydrogen (secondary N) is 2. The lowest BCUT2D eigenvalue weighted by molar-refractivity contribution is 0.146. The predicted molar refractivity (Wildman–Crippen MR) is 127 cm³/mol. The van der Waals surface area contributed by atoms with E-state index in [1.165, 1.54) is 17.2 Å². The molecule has 0 fully saturated rings. The lowest BCUT2D eigenvalue weighted by Gasteiger charge is -2.17. The van der Waals surface area contributed by atoms with Crippen LogP contribution in [-0.4, -0.2) is 50.0 Å². The molecule has 11 heteroatoms. The molecule has 2 aromatic carbocycles. The van der Waals surface area contributed by atoms with Crippen LogP contribution in [0.3, 0.4) is 0 Å². The van der Waals surface area contributed by atoms with Gasteiger partial charge in [0, 0.05) is 26.3 Å². The number of fused-ring (bicyclic) bond motifs is 1. The van der Waals surface area contributed by atoms with Crippen molar-refractivity contribution in [3.05, 3.63) is 59.0 Å². The Morgan fingerprint density at radius 2 is 2.09 bits per heavy atom. The molecule has 2 N–H and O–H groups in total. The summed E-state index contributed by atoms with van der Waals surface area (Å²) in [6.45, 7) is 0.904. The van der Waals surface area contributed by atoms with Gasteiger partial charge in [0.25, 0.3) is 0 Å². The largest absolute Gasteiger partial charge is 0.489 e. The summed E-state index contributed by atoms with van der Waals surface area (Å²) < 4.78 is 30.3. The maximum absolute atomic E-state index is 14.6. The molecule has 0 unspecified atom stereocenters. The Labute approximate surface area is 200 Å². The second-order valence-electron chi connectivity index (χ2n) is 7.36. The number of rotatable bonds is 8. The van der Waals surface area contributed by atoms with Gasteiger partial charge in [-0.2, -0.15) is 4.98 Å². The van der Waals surface area contributed by atoms with Crippen LogP contribution in [0, 0.1) is 5.82 Å². The van der Waals surface area contributed by atoms with Crippen LogP contribution in [0.5, 0.6) is 5.75 Å². The van der Waals surface area contributed by atoms with Crippen molar-refractivity contribution in [1.29, 1.82) is 0 Å². The normalized spacial score (nSPS) is 13.1. The van der Waals surface area contributed by atoms with Crippen LogP contribution in [0.25, 0.3) is 0 Å². The van der Waals surface area contributed by atoms with Gasteiger partial charge in [0.05, 0.1) is 25.1 Å². The predicted octanol–water partition coefficient (Wildman–Crippen LogP) is 4.91. The average Bonchev–Trinajstić information content (AvgIpc) is 2.96. The average molecular weight is 488 g/mol. The van der Waals surface area contributed by atoms with Crippen LogP contribution in [-0.2, 0) is 15.9 Å². The van der Waals surface area contributed by atoms with Gasteiger partial charge < -0.3 is 24.8 Å². The van der Waals surface area contributed by atoms with Gasteiger partial charge in [0.15, 0.2) is 11.6 Å². The zero-order valence-corrected chi connectivity index (χ0v) is 19.4. The molecule has 1 aromatic heterocycles. The van der Waals surface area contributed by atoms with Crippen molar-refractivity contribution in [2.45, 2.75) is 6.42 Å². The number of aromatic nitrogens is 2. The first-order valence-corrected chi connectivity index (χ1v) is 10.8. The Balaban J connectivity index is 1.56. The SMILES string of the molecule is COCCOc1cccc(F)c1Nc1nc(Nc2ccc3c(c2)CCOC(=O)N3C)ncc1Cl. The molecule has 4 rings (SSSR count). The van der Waals surface area contributed by atoms with E-state index in [0.717, 1.165) is 11.3 Å². The van der Waals surface area contributed by atoms with Crippen molar-refractivity contribution in [3.8, 4) is 5.75 Å². The third-order valence-electron chi connectivity index (χ3n) is 5.08. The first kappa shape index (κ1) is 23.5. The molecule has 178 valence electrons. The minimum absolute atomic E-state index is 0.0999. The van der Waals surface area contributed by atoms with Crippen molar-refractivity contribution in [3.63, 3.8) is 0 Å². The third-order valence-corrected chi connectivity index (χ3v) is 5.35. The van der Waals surface area contributed by atoms with Crippen LogP contribution in [0.15, 0.2) is 42.6 Å². The zero-order valence-electron chi connectivity index (χ0n) is 18.6. The molecule has 3 aromatic rings. The van der Waals surface area contributed by atoms with E-state index in [0.29, 0.717) is 31.1 Å². The highest BCUT2D eigenvalue weighted by molar-refractivity contribution is 6.33. The topological polar surface area (TPSA) is 97.8 Å². The standard InChI is InChI=1S/C23H23ClFN5O4/c1-30-18-7-6-15(12-14(18)8-9-34-23(30)31)27-22-26-13-16(24)21(29-22)28-20-17(25)4-3-5-19(20)33-11-10-32-2/h3-7,12-13H,8-11H2,1-2H3,(H2,26,27,28,29). The summed E-state index contributed by atoms with van der Waals surface area (Å²) in [6.07, 6.45) is 1.60. The third kappa shape index (κ3) is 5.29. The fourth-order valence-electron chi connectivity index (χ4n) is 3.38. The van der Waals surface area contributed by atoms with E-state index in [1.54, 1.807) is 32.4 Å². The van der Waals surface area contributed by atoms with E-state index in [-0.39, 0.29) is 29.1 Å². The molecule has 0 bridgehead atoms. The van der Waals surface area contributed by atoms with E-state index in [2.05, 4.69) is 20.6 Å². The number of para-hydroxylation sites is 1. The van der Waals surface area contributed by atoms with Gasteiger partial charge in [-0.25, -0.2) is 14.2 Å². The molecule has 1 aliphatic heterocycles. The Morgan fingerprint density at radius 3 is 2.91 bits per heavy atom. The maximum atomic E-state index is 14.6. The summed E-state index contributed by atoms with van der Waals surface area (Å²) >= 11 is 6.27. The van der Waals surface area contributed by atoms with E-state index >= 15 is 0 Å². The van der Waals surface area contributed by atoms with Crippen LogP contribution in [0.1, 0.15) is 5.56 Å².